The normalized spacial score (nSPS) is 18.0. The molecule has 1 aliphatic carbocycles. The summed E-state index contributed by atoms with van der Waals surface area (Å²) in [6.07, 6.45) is 2.78. The van der Waals surface area contributed by atoms with E-state index in [0.29, 0.717) is 24.7 Å². The maximum atomic E-state index is 12.2. The summed E-state index contributed by atoms with van der Waals surface area (Å²) >= 11 is 0. The molecule has 9 heteroatoms. The van der Waals surface area contributed by atoms with Crippen molar-refractivity contribution in [2.24, 2.45) is 5.73 Å². The molecule has 0 saturated carbocycles. The lowest BCUT2D eigenvalue weighted by Gasteiger charge is -2.33. The number of likely N-dealkylation sites (N-methyl/N-ethyl adjacent to an activating group) is 1. The molecule has 1 atom stereocenters. The van der Waals surface area contributed by atoms with E-state index in [9.17, 15) is 4.79 Å². The number of benzene rings is 2. The minimum atomic E-state index is -0.446. The average Bonchev–Trinajstić information content (AvgIpc) is 3.33. The predicted octanol–water partition coefficient (Wildman–Crippen LogP) is 4.08. The number of anilines is 1. The quantitative estimate of drug-likeness (QED) is 0.322. The minimum Gasteiger partial charge on any atom is -0.371 e. The third-order valence-electron chi connectivity index (χ3n) is 8.35. The fourth-order valence-corrected chi connectivity index (χ4v) is 6.03. The number of aryl methyl sites for hydroxylation is 1. The molecular weight excluding hydrogens is 514 g/mol. The Balaban J connectivity index is 1.35. The van der Waals surface area contributed by atoms with Crippen molar-refractivity contribution in [2.75, 3.05) is 51.7 Å². The van der Waals surface area contributed by atoms with Gasteiger partial charge in [-0.2, -0.15) is 4.98 Å². The molecule has 41 heavy (non-hydrogen) atoms. The van der Waals surface area contributed by atoms with Crippen molar-refractivity contribution < 1.29 is 9.53 Å². The molecule has 2 aromatic carbocycles. The Morgan fingerprint density at radius 3 is 2.66 bits per heavy atom. The second kappa shape index (κ2) is 12.0. The molecule has 1 amide bonds. The number of primary amides is 1. The highest BCUT2D eigenvalue weighted by Gasteiger charge is 2.28. The van der Waals surface area contributed by atoms with Gasteiger partial charge in [0.15, 0.2) is 0 Å². The lowest BCUT2D eigenvalue weighted by molar-refractivity contribution is 0.0172. The predicted molar refractivity (Wildman–Crippen MR) is 161 cm³/mol. The van der Waals surface area contributed by atoms with Crippen LogP contribution in [0.15, 0.2) is 54.6 Å². The molecule has 2 aromatic heterocycles. The van der Waals surface area contributed by atoms with Crippen LogP contribution >= 0.6 is 0 Å². The van der Waals surface area contributed by atoms with Crippen LogP contribution in [0.2, 0.25) is 0 Å². The van der Waals surface area contributed by atoms with Gasteiger partial charge in [-0.25, -0.2) is 4.98 Å². The third-order valence-corrected chi connectivity index (χ3v) is 8.35. The largest absolute Gasteiger partial charge is 0.371 e. The molecule has 1 unspecified atom stereocenters. The fraction of sp³-hybridized carbons (Fsp3) is 0.406. The van der Waals surface area contributed by atoms with Crippen LogP contribution in [0.1, 0.15) is 51.8 Å². The van der Waals surface area contributed by atoms with Crippen molar-refractivity contribution in [2.45, 2.75) is 38.8 Å². The summed E-state index contributed by atoms with van der Waals surface area (Å²) in [5.74, 6) is 0.967. The highest BCUT2D eigenvalue weighted by Crippen LogP contribution is 2.36. The molecular formula is C32H39N7O2. The summed E-state index contributed by atoms with van der Waals surface area (Å²) in [6.45, 7) is 8.62. The molecule has 3 N–H and O–H groups in total. The van der Waals surface area contributed by atoms with E-state index in [1.165, 1.54) is 5.56 Å². The maximum absolute atomic E-state index is 12.2. The molecule has 214 valence electrons. The van der Waals surface area contributed by atoms with Crippen LogP contribution in [-0.2, 0) is 17.7 Å². The molecule has 6 rings (SSSR count). The fourth-order valence-electron chi connectivity index (χ4n) is 6.03. The molecule has 1 saturated heterocycles. The van der Waals surface area contributed by atoms with Gasteiger partial charge in [-0.3, -0.25) is 14.3 Å². The van der Waals surface area contributed by atoms with Gasteiger partial charge in [0, 0.05) is 61.5 Å². The highest BCUT2D eigenvalue weighted by molar-refractivity contribution is 6.06. The van der Waals surface area contributed by atoms with Crippen molar-refractivity contribution in [3.63, 3.8) is 0 Å². The van der Waals surface area contributed by atoms with Crippen molar-refractivity contribution in [3.8, 4) is 5.95 Å². The Kier molecular flexibility index (Phi) is 8.00. The van der Waals surface area contributed by atoms with E-state index in [0.717, 1.165) is 85.7 Å². The van der Waals surface area contributed by atoms with E-state index in [-0.39, 0.29) is 6.10 Å². The van der Waals surface area contributed by atoms with Crippen LogP contribution in [0.3, 0.4) is 0 Å². The molecule has 0 bridgehead atoms. The maximum Gasteiger partial charge on any atom is 0.249 e. The number of piperazine rings is 1. The molecule has 0 radical (unpaired) electrons. The molecule has 1 aliphatic heterocycles. The number of fused-ring (bicyclic) bond motifs is 2. The summed E-state index contributed by atoms with van der Waals surface area (Å²) in [7, 11) is 2.18. The summed E-state index contributed by atoms with van der Waals surface area (Å²) in [4.78, 5) is 27.3. The Bertz CT molecular complexity index is 1530. The molecule has 3 heterocycles. The van der Waals surface area contributed by atoms with E-state index in [4.69, 9.17) is 20.4 Å². The van der Waals surface area contributed by atoms with Crippen molar-refractivity contribution in [1.29, 1.82) is 0 Å². The number of rotatable bonds is 9. The molecule has 1 fully saturated rings. The number of hydrogen-bond donors (Lipinski definition) is 2. The summed E-state index contributed by atoms with van der Waals surface area (Å²) < 4.78 is 8.57. The highest BCUT2D eigenvalue weighted by atomic mass is 16.5. The first-order valence-electron chi connectivity index (χ1n) is 14.6. The third kappa shape index (κ3) is 5.84. The van der Waals surface area contributed by atoms with E-state index in [1.54, 1.807) is 6.07 Å². The zero-order valence-electron chi connectivity index (χ0n) is 24.0. The number of carbonyl (C=O) groups is 1. The number of aromatic nitrogens is 3. The Morgan fingerprint density at radius 2 is 1.88 bits per heavy atom. The van der Waals surface area contributed by atoms with Gasteiger partial charge in [0.2, 0.25) is 11.9 Å². The molecule has 0 spiro atoms. The Hall–Kier alpha value is -3.79. The van der Waals surface area contributed by atoms with Crippen LogP contribution in [0.5, 0.6) is 0 Å². The van der Waals surface area contributed by atoms with Crippen molar-refractivity contribution in [3.05, 3.63) is 82.7 Å². The van der Waals surface area contributed by atoms with Gasteiger partial charge in [-0.05, 0) is 57.0 Å². The molecule has 4 aromatic rings. The van der Waals surface area contributed by atoms with E-state index >= 15 is 0 Å². The zero-order chi connectivity index (χ0) is 28.3. The smallest absolute Gasteiger partial charge is 0.249 e. The summed E-state index contributed by atoms with van der Waals surface area (Å²) in [5, 5.41) is 4.42. The first kappa shape index (κ1) is 27.4. The second-order valence-electron chi connectivity index (χ2n) is 11.2. The van der Waals surface area contributed by atoms with Crippen LogP contribution in [0.4, 0.5) is 5.82 Å². The van der Waals surface area contributed by atoms with E-state index in [2.05, 4.69) is 34.3 Å². The number of nitrogens with two attached hydrogens (primary N) is 1. The van der Waals surface area contributed by atoms with Gasteiger partial charge in [0.25, 0.3) is 0 Å². The lowest BCUT2D eigenvalue weighted by atomic mass is 9.93. The van der Waals surface area contributed by atoms with Crippen LogP contribution in [-0.4, -0.2) is 76.6 Å². The van der Waals surface area contributed by atoms with E-state index in [1.807, 2.05) is 47.9 Å². The SMILES string of the molecule is Cc1cc2c(C(N)=O)cccc2n1-c1nc(NCc2ccccc2)c2c(n1)C(OCCN1CCN(C)CC1)CCC2. The summed E-state index contributed by atoms with van der Waals surface area (Å²) in [5.41, 5.74) is 11.3. The number of carbonyl (C=O) groups excluding carboxylic acids is 1. The second-order valence-corrected chi connectivity index (χ2v) is 11.2. The first-order chi connectivity index (χ1) is 20.0. The lowest BCUT2D eigenvalue weighted by Crippen LogP contribution is -2.45. The minimum absolute atomic E-state index is 0.0893. The van der Waals surface area contributed by atoms with E-state index < -0.39 is 5.91 Å². The van der Waals surface area contributed by atoms with Gasteiger partial charge in [0.1, 0.15) is 11.9 Å². The first-order valence-corrected chi connectivity index (χ1v) is 14.6. The van der Waals surface area contributed by atoms with Gasteiger partial charge >= 0.3 is 0 Å². The zero-order valence-corrected chi connectivity index (χ0v) is 24.0. The Morgan fingerprint density at radius 1 is 1.07 bits per heavy atom. The monoisotopic (exact) mass is 553 g/mol. The number of hydrogen-bond acceptors (Lipinski definition) is 7. The molecule has 9 nitrogen and oxygen atoms in total. The van der Waals surface area contributed by atoms with Crippen LogP contribution in [0.25, 0.3) is 16.9 Å². The number of amides is 1. The number of nitrogens with zero attached hydrogens (tertiary/aromatic N) is 5. The van der Waals surface area contributed by atoms with Crippen LogP contribution in [0, 0.1) is 6.92 Å². The standard InChI is InChI=1S/C32H39N7O2/c1-22-20-26-24(30(33)40)10-6-12-27(26)39(22)32-35-29-25(31(36-32)34-21-23-8-4-3-5-9-23)11-7-13-28(29)41-19-18-38-16-14-37(2)15-17-38/h3-6,8-10,12,20,28H,7,11,13-19,21H2,1-2H3,(H2,33,40)(H,34,35,36). The Labute approximate surface area is 241 Å². The van der Waals surface area contributed by atoms with Crippen LogP contribution < -0.4 is 11.1 Å². The van der Waals surface area contributed by atoms with Crippen molar-refractivity contribution >= 4 is 22.6 Å². The topological polar surface area (TPSA) is 102 Å². The van der Waals surface area contributed by atoms with Gasteiger partial charge in [0.05, 0.1) is 17.8 Å². The van der Waals surface area contributed by atoms with Gasteiger partial charge < -0.3 is 20.7 Å². The van der Waals surface area contributed by atoms with Gasteiger partial charge in [-0.1, -0.05) is 36.4 Å². The van der Waals surface area contributed by atoms with Gasteiger partial charge in [-0.15, -0.1) is 0 Å². The number of nitrogens with one attached hydrogen (secondary N) is 1. The summed E-state index contributed by atoms with van der Waals surface area (Å²) in [6, 6.07) is 17.9. The number of ether oxygens (including phenoxy) is 1. The average molecular weight is 554 g/mol. The van der Waals surface area contributed by atoms with Crippen molar-refractivity contribution in [1.82, 2.24) is 24.3 Å². The molecule has 2 aliphatic rings.